The Balaban J connectivity index is 1.02. The molecule has 248 valence electrons. The summed E-state index contributed by atoms with van der Waals surface area (Å²) >= 11 is 1.59. The number of nitrogens with one attached hydrogen (secondary N) is 3. The van der Waals surface area contributed by atoms with Crippen LogP contribution >= 0.6 is 11.3 Å². The molecule has 2 amide bonds. The fourth-order valence-electron chi connectivity index (χ4n) is 6.33. The molecular weight excluding hydrogens is 639 g/mol. The zero-order valence-electron chi connectivity index (χ0n) is 26.2. The van der Waals surface area contributed by atoms with E-state index in [-0.39, 0.29) is 30.8 Å². The van der Waals surface area contributed by atoms with Gasteiger partial charge in [-0.15, -0.1) is 11.3 Å². The van der Waals surface area contributed by atoms with Gasteiger partial charge in [-0.25, -0.2) is 13.4 Å². The molecule has 2 aromatic carbocycles. The summed E-state index contributed by atoms with van der Waals surface area (Å²) in [5.41, 5.74) is 3.73. The highest BCUT2D eigenvalue weighted by Gasteiger charge is 2.39. The van der Waals surface area contributed by atoms with Gasteiger partial charge >= 0.3 is 0 Å². The summed E-state index contributed by atoms with van der Waals surface area (Å²) in [5, 5.41) is 18.9. The molecular formula is C33H39N7O5S2. The summed E-state index contributed by atoms with van der Waals surface area (Å²) in [7, 11) is -3.57. The Bertz CT molecular complexity index is 1720. The first-order chi connectivity index (χ1) is 22.7. The fourth-order valence-corrected chi connectivity index (χ4v) is 8.41. The number of ether oxygens (including phenoxy) is 1. The summed E-state index contributed by atoms with van der Waals surface area (Å²) in [6.45, 7) is 5.07. The van der Waals surface area contributed by atoms with Crippen molar-refractivity contribution < 1.29 is 22.7 Å². The minimum absolute atomic E-state index is 0.113. The van der Waals surface area contributed by atoms with Crippen LogP contribution in [0.25, 0.3) is 21.0 Å². The molecule has 4 heterocycles. The Morgan fingerprint density at radius 2 is 1.81 bits per heavy atom. The Morgan fingerprint density at radius 1 is 1.09 bits per heavy atom. The van der Waals surface area contributed by atoms with Crippen LogP contribution in [0, 0.1) is 17.2 Å². The molecule has 3 aliphatic heterocycles. The van der Waals surface area contributed by atoms with Crippen molar-refractivity contribution in [2.75, 3.05) is 52.2 Å². The lowest BCUT2D eigenvalue weighted by Crippen LogP contribution is -2.46. The zero-order chi connectivity index (χ0) is 33.0. The lowest BCUT2D eigenvalue weighted by atomic mass is 10.1. The third kappa shape index (κ3) is 8.24. The van der Waals surface area contributed by atoms with Gasteiger partial charge in [0.1, 0.15) is 5.01 Å². The van der Waals surface area contributed by atoms with Crippen LogP contribution in [0.5, 0.6) is 0 Å². The first-order valence-electron chi connectivity index (χ1n) is 15.8. The van der Waals surface area contributed by atoms with Crippen LogP contribution in [0.15, 0.2) is 54.7 Å². The lowest BCUT2D eigenvalue weighted by molar-refractivity contribution is -0.123. The molecule has 47 heavy (non-hydrogen) atoms. The van der Waals surface area contributed by atoms with Crippen LogP contribution < -0.4 is 16.0 Å². The molecule has 6 rings (SSSR count). The van der Waals surface area contributed by atoms with Gasteiger partial charge in [-0.05, 0) is 36.1 Å². The number of nitrogens with zero attached hydrogens (tertiary/aromatic N) is 4. The van der Waals surface area contributed by atoms with Crippen LogP contribution in [0.4, 0.5) is 0 Å². The lowest BCUT2D eigenvalue weighted by Gasteiger charge is -2.26. The van der Waals surface area contributed by atoms with Gasteiger partial charge in [-0.2, -0.15) is 9.57 Å². The Hall–Kier alpha value is -3.71. The predicted octanol–water partition coefficient (Wildman–Crippen LogP) is 2.06. The highest BCUT2D eigenvalue weighted by Crippen LogP contribution is 2.32. The van der Waals surface area contributed by atoms with E-state index in [1.165, 1.54) is 9.87 Å². The van der Waals surface area contributed by atoms with Crippen LogP contribution in [0.3, 0.4) is 0 Å². The molecule has 1 aromatic heterocycles. The van der Waals surface area contributed by atoms with Crippen molar-refractivity contribution >= 4 is 33.2 Å². The number of aromatic nitrogens is 1. The topological polar surface area (TPSA) is 157 Å². The van der Waals surface area contributed by atoms with Crippen molar-refractivity contribution in [3.05, 3.63) is 65.9 Å². The highest BCUT2D eigenvalue weighted by atomic mass is 32.2. The van der Waals surface area contributed by atoms with Crippen molar-refractivity contribution in [1.29, 1.82) is 5.26 Å². The highest BCUT2D eigenvalue weighted by molar-refractivity contribution is 7.88. The first kappa shape index (κ1) is 33.2. The quantitative estimate of drug-likeness (QED) is 0.292. The largest absolute Gasteiger partial charge is 0.379 e. The number of thiazole rings is 1. The Kier molecular flexibility index (Phi) is 10.3. The van der Waals surface area contributed by atoms with Gasteiger partial charge in [-0.1, -0.05) is 36.4 Å². The van der Waals surface area contributed by atoms with E-state index in [0.29, 0.717) is 24.9 Å². The second-order valence-electron chi connectivity index (χ2n) is 12.4. The van der Waals surface area contributed by atoms with E-state index in [0.717, 1.165) is 60.1 Å². The van der Waals surface area contributed by atoms with Crippen LogP contribution in [0.2, 0.25) is 0 Å². The molecule has 12 nitrogen and oxygen atoms in total. The molecule has 0 saturated carbocycles. The normalized spacial score (nSPS) is 23.7. The van der Waals surface area contributed by atoms with Crippen molar-refractivity contribution in [1.82, 2.24) is 30.1 Å². The van der Waals surface area contributed by atoms with Crippen LogP contribution in [0.1, 0.15) is 28.8 Å². The summed E-state index contributed by atoms with van der Waals surface area (Å²) in [5.74, 6) is -0.763. The van der Waals surface area contributed by atoms with E-state index in [9.17, 15) is 18.0 Å². The van der Waals surface area contributed by atoms with Crippen LogP contribution in [-0.4, -0.2) is 105 Å². The zero-order valence-corrected chi connectivity index (χ0v) is 27.9. The fraction of sp³-hybridized carbons (Fsp3) is 0.455. The molecule has 0 unspecified atom stereocenters. The van der Waals surface area contributed by atoms with E-state index in [2.05, 4.69) is 56.2 Å². The number of sulfonamides is 1. The molecule has 3 N–H and O–H groups in total. The molecule has 0 bridgehead atoms. The Labute approximate surface area is 279 Å². The van der Waals surface area contributed by atoms with E-state index in [1.807, 2.05) is 18.3 Å². The maximum Gasteiger partial charge on any atom is 0.251 e. The van der Waals surface area contributed by atoms with Gasteiger partial charge in [-0.3, -0.25) is 14.5 Å². The van der Waals surface area contributed by atoms with Crippen molar-refractivity contribution in [2.45, 2.75) is 37.5 Å². The third-order valence-corrected chi connectivity index (χ3v) is 11.3. The maximum atomic E-state index is 13.0. The number of rotatable bonds is 10. The minimum atomic E-state index is -3.57. The molecule has 3 saturated heterocycles. The second-order valence-corrected chi connectivity index (χ2v) is 15.3. The molecule has 0 aliphatic carbocycles. The monoisotopic (exact) mass is 677 g/mol. The first-order valence-corrected chi connectivity index (χ1v) is 18.5. The van der Waals surface area contributed by atoms with Gasteiger partial charge in [0.2, 0.25) is 15.9 Å². The molecule has 0 spiro atoms. The number of hydrogen-bond acceptors (Lipinski definition) is 10. The minimum Gasteiger partial charge on any atom is -0.379 e. The molecule has 4 atom stereocenters. The number of carbonyl (C=O) groups is 2. The van der Waals surface area contributed by atoms with E-state index in [1.54, 1.807) is 23.5 Å². The van der Waals surface area contributed by atoms with Gasteiger partial charge < -0.3 is 20.7 Å². The Morgan fingerprint density at radius 3 is 2.49 bits per heavy atom. The summed E-state index contributed by atoms with van der Waals surface area (Å²) in [6.07, 6.45) is 3.78. The predicted molar refractivity (Wildman–Crippen MR) is 179 cm³/mol. The van der Waals surface area contributed by atoms with Gasteiger partial charge in [0, 0.05) is 68.7 Å². The van der Waals surface area contributed by atoms with Crippen molar-refractivity contribution in [3.63, 3.8) is 0 Å². The molecule has 0 radical (unpaired) electrons. The van der Waals surface area contributed by atoms with Gasteiger partial charge in [0.25, 0.3) is 5.91 Å². The van der Waals surface area contributed by atoms with E-state index < -0.39 is 28.1 Å². The molecule has 3 aromatic rings. The van der Waals surface area contributed by atoms with Gasteiger partial charge in [0.05, 0.1) is 42.4 Å². The SMILES string of the molecule is CS(=O)(=O)N1C[C@H](NC(=O)[C@@H]2C[C@H](C#N)CN2)C[C@@H]1CNC(=O)c1ccc(-c2cnc(-c3ccc(CN4CCOCC4)cc3)s2)cc1. The summed E-state index contributed by atoms with van der Waals surface area (Å²) in [4.78, 5) is 33.8. The number of morpholine rings is 1. The summed E-state index contributed by atoms with van der Waals surface area (Å²) in [6, 6.07) is 16.6. The summed E-state index contributed by atoms with van der Waals surface area (Å²) < 4.78 is 31.8. The number of amides is 2. The molecule has 3 aliphatic rings. The number of carbonyl (C=O) groups excluding carboxylic acids is 2. The molecule has 3 fully saturated rings. The van der Waals surface area contributed by atoms with E-state index >= 15 is 0 Å². The standard InChI is InChI=1S/C33H39N7O5S2/c1-47(43,44)40-21-27(38-32(42)29-14-23(16-34)17-35-29)15-28(40)18-36-31(41)25-8-6-24(7-9-25)30-19-37-33(46-30)26-4-2-22(3-5-26)20-39-10-12-45-13-11-39/h2-9,19,23,27-29,35H,10-15,17-18,20-21H2,1H3,(H,36,41)(H,38,42)/t23-,27-,28-,29+/m1/s1. The van der Waals surface area contributed by atoms with Crippen molar-refractivity contribution in [3.8, 4) is 27.1 Å². The molecule has 14 heteroatoms. The maximum absolute atomic E-state index is 13.0. The van der Waals surface area contributed by atoms with E-state index in [4.69, 9.17) is 10.00 Å². The smallest absolute Gasteiger partial charge is 0.251 e. The number of nitriles is 1. The number of benzene rings is 2. The van der Waals surface area contributed by atoms with Crippen molar-refractivity contribution in [2.24, 2.45) is 5.92 Å². The average Bonchev–Trinajstić information content (AvgIpc) is 3.85. The average molecular weight is 678 g/mol. The van der Waals surface area contributed by atoms with Crippen LogP contribution in [-0.2, 0) is 26.1 Å². The van der Waals surface area contributed by atoms with Gasteiger partial charge in [0.15, 0.2) is 0 Å². The number of hydrogen-bond donors (Lipinski definition) is 3. The third-order valence-electron chi connectivity index (χ3n) is 8.91. The second kappa shape index (κ2) is 14.6.